The molecule has 1 saturated heterocycles. The number of anilines is 1. The van der Waals surface area contributed by atoms with Crippen molar-refractivity contribution in [3.63, 3.8) is 0 Å². The molecule has 1 aliphatic heterocycles. The highest BCUT2D eigenvalue weighted by atomic mass is 16.5. The molecule has 1 atom stereocenters. The Morgan fingerprint density at radius 3 is 3.00 bits per heavy atom. The summed E-state index contributed by atoms with van der Waals surface area (Å²) in [6, 6.07) is 8.65. The van der Waals surface area contributed by atoms with Gasteiger partial charge in [0.2, 0.25) is 0 Å². The Balaban J connectivity index is 2.08. The molecule has 0 radical (unpaired) electrons. The van der Waals surface area contributed by atoms with Crippen LogP contribution in [0.4, 0.5) is 5.82 Å². The molecule has 4 heteroatoms. The molecule has 1 fully saturated rings. The lowest BCUT2D eigenvalue weighted by molar-refractivity contribution is 0.420. The molecule has 1 aromatic heterocycles. The van der Waals surface area contributed by atoms with Gasteiger partial charge in [0.1, 0.15) is 11.6 Å². The molecule has 100 valence electrons. The van der Waals surface area contributed by atoms with Crippen molar-refractivity contribution in [2.75, 3.05) is 31.6 Å². The van der Waals surface area contributed by atoms with Crippen LogP contribution < -0.4 is 15.0 Å². The highest BCUT2D eigenvalue weighted by molar-refractivity contribution is 5.96. The predicted octanol–water partition coefficient (Wildman–Crippen LogP) is 2.04. The zero-order valence-electron chi connectivity index (χ0n) is 11.4. The number of aromatic nitrogens is 1. The second kappa shape index (κ2) is 5.05. The molecule has 2 aromatic rings. The van der Waals surface area contributed by atoms with E-state index in [2.05, 4.69) is 28.2 Å². The minimum absolute atomic E-state index is 0.497. The van der Waals surface area contributed by atoms with E-state index >= 15 is 0 Å². The van der Waals surface area contributed by atoms with Gasteiger partial charge < -0.3 is 15.0 Å². The van der Waals surface area contributed by atoms with Crippen molar-refractivity contribution in [1.29, 1.82) is 0 Å². The van der Waals surface area contributed by atoms with Gasteiger partial charge >= 0.3 is 0 Å². The Hall–Kier alpha value is -1.81. The van der Waals surface area contributed by atoms with Crippen LogP contribution >= 0.6 is 0 Å². The summed E-state index contributed by atoms with van der Waals surface area (Å²) >= 11 is 0. The van der Waals surface area contributed by atoms with Crippen LogP contribution in [0, 0.1) is 0 Å². The Morgan fingerprint density at radius 2 is 2.21 bits per heavy atom. The van der Waals surface area contributed by atoms with E-state index in [1.807, 2.05) is 24.4 Å². The summed E-state index contributed by atoms with van der Waals surface area (Å²) in [5, 5.41) is 5.75. The van der Waals surface area contributed by atoms with Gasteiger partial charge in [0.05, 0.1) is 7.11 Å². The average Bonchev–Trinajstić information content (AvgIpc) is 2.46. The molecule has 1 N–H and O–H groups in total. The molecule has 0 aliphatic carbocycles. The predicted molar refractivity (Wildman–Crippen MR) is 78.0 cm³/mol. The first-order valence-corrected chi connectivity index (χ1v) is 6.69. The standard InChI is InChI=1S/C15H19N3O/c1-11-10-18(9-8-16-11)15-13-4-3-5-14(19-2)12(13)6-7-17-15/h3-7,11,16H,8-10H2,1-2H3/t11-/m1/s1. The van der Waals surface area contributed by atoms with Gasteiger partial charge in [-0.3, -0.25) is 0 Å². The lowest BCUT2D eigenvalue weighted by Gasteiger charge is -2.33. The van der Waals surface area contributed by atoms with Gasteiger partial charge in [-0.25, -0.2) is 4.98 Å². The minimum atomic E-state index is 0.497. The fraction of sp³-hybridized carbons (Fsp3) is 0.400. The van der Waals surface area contributed by atoms with E-state index in [-0.39, 0.29) is 0 Å². The van der Waals surface area contributed by atoms with Gasteiger partial charge in [-0.2, -0.15) is 0 Å². The number of fused-ring (bicyclic) bond motifs is 1. The van der Waals surface area contributed by atoms with E-state index in [4.69, 9.17) is 4.74 Å². The zero-order valence-corrected chi connectivity index (χ0v) is 11.4. The summed E-state index contributed by atoms with van der Waals surface area (Å²) in [5.74, 6) is 1.97. The van der Waals surface area contributed by atoms with E-state index < -0.39 is 0 Å². The van der Waals surface area contributed by atoms with Crippen LogP contribution in [0.2, 0.25) is 0 Å². The highest BCUT2D eigenvalue weighted by Crippen LogP contribution is 2.31. The van der Waals surface area contributed by atoms with E-state index in [1.165, 1.54) is 0 Å². The Bertz CT molecular complexity index is 585. The first-order chi connectivity index (χ1) is 9.29. The largest absolute Gasteiger partial charge is 0.496 e. The second-order valence-corrected chi connectivity index (χ2v) is 4.99. The van der Waals surface area contributed by atoms with Crippen molar-refractivity contribution in [2.45, 2.75) is 13.0 Å². The molecule has 0 bridgehead atoms. The van der Waals surface area contributed by atoms with Crippen molar-refractivity contribution >= 4 is 16.6 Å². The third kappa shape index (κ3) is 2.24. The molecule has 1 aromatic carbocycles. The number of nitrogens with zero attached hydrogens (tertiary/aromatic N) is 2. The fourth-order valence-electron chi connectivity index (χ4n) is 2.72. The summed E-state index contributed by atoms with van der Waals surface area (Å²) in [5.41, 5.74) is 0. The molecular formula is C15H19N3O. The fourth-order valence-corrected chi connectivity index (χ4v) is 2.72. The lowest BCUT2D eigenvalue weighted by Crippen LogP contribution is -2.49. The third-order valence-electron chi connectivity index (χ3n) is 3.63. The van der Waals surface area contributed by atoms with E-state index in [0.717, 1.165) is 42.0 Å². The number of benzene rings is 1. The average molecular weight is 257 g/mol. The van der Waals surface area contributed by atoms with Crippen molar-refractivity contribution in [2.24, 2.45) is 0 Å². The molecular weight excluding hydrogens is 238 g/mol. The molecule has 0 saturated carbocycles. The van der Waals surface area contributed by atoms with Crippen LogP contribution in [0.3, 0.4) is 0 Å². The van der Waals surface area contributed by atoms with Crippen molar-refractivity contribution in [3.05, 3.63) is 30.5 Å². The number of hydrogen-bond acceptors (Lipinski definition) is 4. The molecule has 2 heterocycles. The van der Waals surface area contributed by atoms with Crippen molar-refractivity contribution in [1.82, 2.24) is 10.3 Å². The third-order valence-corrected chi connectivity index (χ3v) is 3.63. The van der Waals surface area contributed by atoms with Gasteiger partial charge in [0, 0.05) is 42.6 Å². The maximum atomic E-state index is 5.43. The molecule has 1 aliphatic rings. The minimum Gasteiger partial charge on any atom is -0.496 e. The first-order valence-electron chi connectivity index (χ1n) is 6.69. The summed E-state index contributed by atoms with van der Waals surface area (Å²) in [6.07, 6.45) is 1.87. The Morgan fingerprint density at radius 1 is 1.32 bits per heavy atom. The number of ether oxygens (including phenoxy) is 1. The van der Waals surface area contributed by atoms with Gasteiger partial charge in [-0.1, -0.05) is 12.1 Å². The van der Waals surface area contributed by atoms with Crippen LogP contribution in [0.15, 0.2) is 30.5 Å². The normalized spacial score (nSPS) is 19.7. The van der Waals surface area contributed by atoms with Gasteiger partial charge in [0.25, 0.3) is 0 Å². The van der Waals surface area contributed by atoms with E-state index in [1.54, 1.807) is 7.11 Å². The van der Waals surface area contributed by atoms with Gasteiger partial charge in [-0.05, 0) is 19.1 Å². The number of rotatable bonds is 2. The number of hydrogen-bond donors (Lipinski definition) is 1. The SMILES string of the molecule is COc1cccc2c(N3CCN[C@H](C)C3)nccc12. The maximum absolute atomic E-state index is 5.43. The second-order valence-electron chi connectivity index (χ2n) is 4.99. The van der Waals surface area contributed by atoms with Crippen molar-refractivity contribution < 1.29 is 4.74 Å². The van der Waals surface area contributed by atoms with Crippen LogP contribution in [0.25, 0.3) is 10.8 Å². The number of pyridine rings is 1. The quantitative estimate of drug-likeness (QED) is 0.893. The molecule has 19 heavy (non-hydrogen) atoms. The van der Waals surface area contributed by atoms with Gasteiger partial charge in [-0.15, -0.1) is 0 Å². The number of methoxy groups -OCH3 is 1. The Labute approximate surface area is 113 Å². The monoisotopic (exact) mass is 257 g/mol. The zero-order chi connectivity index (χ0) is 13.2. The summed E-state index contributed by atoms with van der Waals surface area (Å²) < 4.78 is 5.43. The smallest absolute Gasteiger partial charge is 0.136 e. The molecule has 4 nitrogen and oxygen atoms in total. The van der Waals surface area contributed by atoms with Crippen LogP contribution in [0.1, 0.15) is 6.92 Å². The maximum Gasteiger partial charge on any atom is 0.136 e. The molecule has 0 amide bonds. The van der Waals surface area contributed by atoms with Crippen molar-refractivity contribution in [3.8, 4) is 5.75 Å². The first kappa shape index (κ1) is 12.2. The van der Waals surface area contributed by atoms with E-state index in [9.17, 15) is 0 Å². The van der Waals surface area contributed by atoms with E-state index in [0.29, 0.717) is 6.04 Å². The van der Waals surface area contributed by atoms with Crippen LogP contribution in [-0.2, 0) is 0 Å². The summed E-state index contributed by atoms with van der Waals surface area (Å²) in [6.45, 7) is 5.19. The van der Waals surface area contributed by atoms with Crippen LogP contribution in [0.5, 0.6) is 5.75 Å². The van der Waals surface area contributed by atoms with Gasteiger partial charge in [0.15, 0.2) is 0 Å². The molecule has 0 unspecified atom stereocenters. The Kier molecular flexibility index (Phi) is 3.25. The van der Waals surface area contributed by atoms with Crippen LogP contribution in [-0.4, -0.2) is 37.8 Å². The number of nitrogens with one attached hydrogen (secondary N) is 1. The topological polar surface area (TPSA) is 37.4 Å². The number of piperazine rings is 1. The molecule has 3 rings (SSSR count). The summed E-state index contributed by atoms with van der Waals surface area (Å²) in [4.78, 5) is 6.93. The lowest BCUT2D eigenvalue weighted by atomic mass is 10.1. The highest BCUT2D eigenvalue weighted by Gasteiger charge is 2.19. The summed E-state index contributed by atoms with van der Waals surface area (Å²) in [7, 11) is 1.71. The molecule has 0 spiro atoms.